The number of hydrogen-bond acceptors (Lipinski definition) is 5. The number of nitrogens with one attached hydrogen (secondary N) is 3. The molecule has 0 aliphatic rings. The first-order chi connectivity index (χ1) is 15.0. The molecule has 172 valence electrons. The summed E-state index contributed by atoms with van der Waals surface area (Å²) in [5.74, 6) is 0.148. The third-order valence-electron chi connectivity index (χ3n) is 4.39. The van der Waals surface area contributed by atoms with Crippen LogP contribution in [0.1, 0.15) is 38.3 Å². The summed E-state index contributed by atoms with van der Waals surface area (Å²) in [6.07, 6.45) is -0.458. The largest absolute Gasteiger partial charge is 0.483 e. The molecule has 8 heteroatoms. The average Bonchev–Trinajstić information content (AvgIpc) is 2.69. The number of amides is 3. The number of carbonyl (C=O) groups excluding carboxylic acids is 3. The van der Waals surface area contributed by atoms with Crippen LogP contribution in [0.15, 0.2) is 42.5 Å². The molecule has 0 aliphatic carbocycles. The predicted molar refractivity (Wildman–Crippen MR) is 124 cm³/mol. The summed E-state index contributed by atoms with van der Waals surface area (Å²) < 4.78 is 10.7. The summed E-state index contributed by atoms with van der Waals surface area (Å²) in [7, 11) is 0. The number of aryl methyl sites for hydroxylation is 1. The number of hydrogen-bond donors (Lipinski definition) is 3. The third kappa shape index (κ3) is 8.67. The van der Waals surface area contributed by atoms with Gasteiger partial charge < -0.3 is 25.4 Å². The summed E-state index contributed by atoms with van der Waals surface area (Å²) in [5, 5.41) is 8.02. The van der Waals surface area contributed by atoms with E-state index in [1.54, 1.807) is 45.0 Å². The summed E-state index contributed by atoms with van der Waals surface area (Å²) in [5.41, 5.74) is 2.68. The maximum atomic E-state index is 12.2. The van der Waals surface area contributed by atoms with Crippen LogP contribution in [0.2, 0.25) is 0 Å². The topological polar surface area (TPSA) is 106 Å². The lowest BCUT2D eigenvalue weighted by Gasteiger charge is -2.19. The van der Waals surface area contributed by atoms with Gasteiger partial charge in [-0.05, 0) is 76.1 Å². The zero-order chi connectivity index (χ0) is 23.7. The smallest absolute Gasteiger partial charge is 0.407 e. The highest BCUT2D eigenvalue weighted by molar-refractivity contribution is 5.93. The van der Waals surface area contributed by atoms with Crippen LogP contribution < -0.4 is 20.7 Å². The Labute approximate surface area is 188 Å². The van der Waals surface area contributed by atoms with Gasteiger partial charge in [-0.3, -0.25) is 9.59 Å². The molecule has 0 saturated carbocycles. The van der Waals surface area contributed by atoms with Gasteiger partial charge >= 0.3 is 6.09 Å². The van der Waals surface area contributed by atoms with E-state index in [4.69, 9.17) is 9.47 Å². The summed E-state index contributed by atoms with van der Waals surface area (Å²) in [6, 6.07) is 12.4. The first-order valence-electron chi connectivity index (χ1n) is 10.4. The number of ether oxygens (including phenoxy) is 2. The van der Waals surface area contributed by atoms with Gasteiger partial charge in [0.25, 0.3) is 5.91 Å². The number of benzene rings is 2. The molecule has 3 amide bonds. The van der Waals surface area contributed by atoms with Crippen LogP contribution in [0, 0.1) is 13.8 Å². The Morgan fingerprint density at radius 1 is 0.875 bits per heavy atom. The normalized spacial score (nSPS) is 10.8. The average molecular weight is 442 g/mol. The molecular weight excluding hydrogens is 410 g/mol. The van der Waals surface area contributed by atoms with Crippen LogP contribution in [0.25, 0.3) is 0 Å². The first kappa shape index (κ1) is 24.7. The summed E-state index contributed by atoms with van der Waals surface area (Å²) in [4.78, 5) is 35.8. The second-order valence-corrected chi connectivity index (χ2v) is 8.34. The van der Waals surface area contributed by atoms with Crippen molar-refractivity contribution < 1.29 is 23.9 Å². The van der Waals surface area contributed by atoms with E-state index in [1.165, 1.54) is 0 Å². The van der Waals surface area contributed by atoms with Crippen LogP contribution in [0.5, 0.6) is 5.75 Å². The first-order valence-corrected chi connectivity index (χ1v) is 10.4. The molecular formula is C24H31N3O5. The van der Waals surface area contributed by atoms with Gasteiger partial charge in [0.1, 0.15) is 11.4 Å². The Kier molecular flexibility index (Phi) is 8.63. The zero-order valence-electron chi connectivity index (χ0n) is 19.2. The van der Waals surface area contributed by atoms with E-state index in [9.17, 15) is 14.4 Å². The molecule has 0 aliphatic heterocycles. The highest BCUT2D eigenvalue weighted by Crippen LogP contribution is 2.20. The summed E-state index contributed by atoms with van der Waals surface area (Å²) >= 11 is 0. The molecule has 0 saturated heterocycles. The fraction of sp³-hybridized carbons (Fsp3) is 0.375. The van der Waals surface area contributed by atoms with Crippen molar-refractivity contribution in [1.29, 1.82) is 0 Å². The monoisotopic (exact) mass is 441 g/mol. The van der Waals surface area contributed by atoms with E-state index in [1.807, 2.05) is 32.0 Å². The molecule has 8 nitrogen and oxygen atoms in total. The molecule has 0 fully saturated rings. The molecule has 0 bridgehead atoms. The Morgan fingerprint density at radius 2 is 1.47 bits per heavy atom. The fourth-order valence-corrected chi connectivity index (χ4v) is 2.67. The minimum Gasteiger partial charge on any atom is -0.483 e. The van der Waals surface area contributed by atoms with Crippen molar-refractivity contribution in [1.82, 2.24) is 5.32 Å². The van der Waals surface area contributed by atoms with E-state index >= 15 is 0 Å². The van der Waals surface area contributed by atoms with Crippen molar-refractivity contribution in [2.75, 3.05) is 23.8 Å². The SMILES string of the molecule is Cc1cccc(OCC(=O)Nc2ccc(NC(=O)CCNC(=O)OC(C)(C)C)cc2)c1C. The van der Waals surface area contributed by atoms with E-state index in [2.05, 4.69) is 16.0 Å². The lowest BCUT2D eigenvalue weighted by Crippen LogP contribution is -2.34. The van der Waals surface area contributed by atoms with Crippen LogP contribution in [0.4, 0.5) is 16.2 Å². The van der Waals surface area contributed by atoms with Crippen LogP contribution in [-0.4, -0.2) is 36.7 Å². The van der Waals surface area contributed by atoms with Gasteiger partial charge in [-0.15, -0.1) is 0 Å². The third-order valence-corrected chi connectivity index (χ3v) is 4.39. The van der Waals surface area contributed by atoms with Gasteiger partial charge in [0.05, 0.1) is 0 Å². The van der Waals surface area contributed by atoms with E-state index in [0.717, 1.165) is 11.1 Å². The number of anilines is 2. The van der Waals surface area contributed by atoms with Gasteiger partial charge in [-0.1, -0.05) is 12.1 Å². The minimum absolute atomic E-state index is 0.104. The van der Waals surface area contributed by atoms with Crippen molar-refractivity contribution >= 4 is 29.3 Å². The Hall–Kier alpha value is -3.55. The fourth-order valence-electron chi connectivity index (χ4n) is 2.67. The minimum atomic E-state index is -0.588. The Bertz CT molecular complexity index is 949. The maximum absolute atomic E-state index is 12.2. The Morgan fingerprint density at radius 3 is 2.06 bits per heavy atom. The van der Waals surface area contributed by atoms with Gasteiger partial charge in [0.2, 0.25) is 5.91 Å². The quantitative estimate of drug-likeness (QED) is 0.570. The number of carbonyl (C=O) groups is 3. The molecule has 0 radical (unpaired) electrons. The maximum Gasteiger partial charge on any atom is 0.407 e. The second kappa shape index (κ2) is 11.2. The molecule has 0 aromatic heterocycles. The predicted octanol–water partition coefficient (Wildman–Crippen LogP) is 4.17. The van der Waals surface area contributed by atoms with Crippen molar-refractivity contribution in [2.45, 2.75) is 46.6 Å². The second-order valence-electron chi connectivity index (χ2n) is 8.34. The van der Waals surface area contributed by atoms with E-state index in [-0.39, 0.29) is 31.4 Å². The van der Waals surface area contributed by atoms with Gasteiger partial charge in [-0.2, -0.15) is 0 Å². The van der Waals surface area contributed by atoms with Gasteiger partial charge in [0, 0.05) is 24.3 Å². The molecule has 2 aromatic carbocycles. The number of rotatable bonds is 8. The summed E-state index contributed by atoms with van der Waals surface area (Å²) in [6.45, 7) is 9.29. The molecule has 32 heavy (non-hydrogen) atoms. The van der Waals surface area contributed by atoms with Crippen molar-refractivity contribution in [2.24, 2.45) is 0 Å². The van der Waals surface area contributed by atoms with Crippen molar-refractivity contribution in [3.8, 4) is 5.75 Å². The van der Waals surface area contributed by atoms with Gasteiger partial charge in [0.15, 0.2) is 6.61 Å². The Balaban J connectivity index is 1.74. The van der Waals surface area contributed by atoms with Crippen LogP contribution in [0.3, 0.4) is 0 Å². The van der Waals surface area contributed by atoms with Crippen LogP contribution >= 0.6 is 0 Å². The van der Waals surface area contributed by atoms with Gasteiger partial charge in [-0.25, -0.2) is 4.79 Å². The highest BCUT2D eigenvalue weighted by atomic mass is 16.6. The standard InChI is InChI=1S/C24H31N3O5/c1-16-7-6-8-20(17(16)2)31-15-22(29)27-19-11-9-18(10-12-19)26-21(28)13-14-25-23(30)32-24(3,4)5/h6-12H,13-15H2,1-5H3,(H,25,30)(H,26,28)(H,27,29). The molecule has 3 N–H and O–H groups in total. The molecule has 0 heterocycles. The molecule has 2 rings (SSSR count). The van der Waals surface area contributed by atoms with Crippen molar-refractivity contribution in [3.05, 3.63) is 53.6 Å². The van der Waals surface area contributed by atoms with E-state index < -0.39 is 11.7 Å². The lowest BCUT2D eigenvalue weighted by atomic mass is 10.1. The van der Waals surface area contributed by atoms with E-state index in [0.29, 0.717) is 17.1 Å². The number of alkyl carbamates (subject to hydrolysis) is 1. The molecule has 0 unspecified atom stereocenters. The highest BCUT2D eigenvalue weighted by Gasteiger charge is 2.16. The lowest BCUT2D eigenvalue weighted by molar-refractivity contribution is -0.118. The molecule has 0 spiro atoms. The van der Waals surface area contributed by atoms with Crippen molar-refractivity contribution in [3.63, 3.8) is 0 Å². The molecule has 2 aromatic rings. The zero-order valence-corrected chi connectivity index (χ0v) is 19.2. The molecule has 0 atom stereocenters. The van der Waals surface area contributed by atoms with Crippen LogP contribution in [-0.2, 0) is 14.3 Å².